The minimum Gasteiger partial charge on any atom is -0.455 e. The molecular weight excluding hydrogens is 248 g/mol. The van der Waals surface area contributed by atoms with E-state index in [-0.39, 0.29) is 0 Å². The number of pyridine rings is 1. The molecule has 0 saturated carbocycles. The van der Waals surface area contributed by atoms with Crippen LogP contribution in [0.4, 0.5) is 0 Å². The summed E-state index contributed by atoms with van der Waals surface area (Å²) >= 11 is 0. The van der Waals surface area contributed by atoms with Gasteiger partial charge in [0.15, 0.2) is 5.75 Å². The summed E-state index contributed by atoms with van der Waals surface area (Å²) in [6, 6.07) is 17.9. The normalized spacial score (nSPS) is 10.7. The molecule has 0 atom stereocenters. The molecule has 2 aromatic carbocycles. The number of rotatable bonds is 4. The van der Waals surface area contributed by atoms with Crippen LogP contribution in [0.1, 0.15) is 5.56 Å². The van der Waals surface area contributed by atoms with Gasteiger partial charge in [-0.2, -0.15) is 0 Å². The molecule has 3 rings (SSSR count). The summed E-state index contributed by atoms with van der Waals surface area (Å²) < 4.78 is 5.91. The molecule has 0 saturated heterocycles. The summed E-state index contributed by atoms with van der Waals surface area (Å²) in [7, 11) is 1.93. The van der Waals surface area contributed by atoms with Gasteiger partial charge in [-0.1, -0.05) is 30.3 Å². The van der Waals surface area contributed by atoms with Crippen molar-refractivity contribution < 1.29 is 4.74 Å². The van der Waals surface area contributed by atoms with Gasteiger partial charge in [-0.25, -0.2) is 0 Å². The van der Waals surface area contributed by atoms with Crippen molar-refractivity contribution in [2.75, 3.05) is 7.05 Å². The molecule has 1 heterocycles. The highest BCUT2D eigenvalue weighted by molar-refractivity contribution is 5.85. The molecule has 1 aromatic heterocycles. The number of aromatic nitrogens is 1. The van der Waals surface area contributed by atoms with E-state index in [1.807, 2.05) is 55.7 Å². The van der Waals surface area contributed by atoms with Gasteiger partial charge in [-0.05, 0) is 36.9 Å². The third-order valence-electron chi connectivity index (χ3n) is 3.08. The number of nitrogens with one attached hydrogen (secondary N) is 1. The molecule has 3 heteroatoms. The van der Waals surface area contributed by atoms with Gasteiger partial charge in [-0.3, -0.25) is 4.98 Å². The first kappa shape index (κ1) is 12.6. The van der Waals surface area contributed by atoms with Gasteiger partial charge in [0.05, 0.1) is 0 Å². The Balaban J connectivity index is 1.99. The molecular formula is C17H16N2O. The Morgan fingerprint density at radius 3 is 2.70 bits per heavy atom. The van der Waals surface area contributed by atoms with Gasteiger partial charge in [0.25, 0.3) is 0 Å². The van der Waals surface area contributed by atoms with Crippen LogP contribution in [0.15, 0.2) is 60.8 Å². The summed E-state index contributed by atoms with van der Waals surface area (Å²) in [5.74, 6) is 1.60. The third-order valence-corrected chi connectivity index (χ3v) is 3.08. The van der Waals surface area contributed by atoms with Crippen molar-refractivity contribution in [2.24, 2.45) is 0 Å². The van der Waals surface area contributed by atoms with Crippen molar-refractivity contribution in [3.05, 3.63) is 66.4 Å². The summed E-state index contributed by atoms with van der Waals surface area (Å²) in [6.45, 7) is 0.812. The smallest absolute Gasteiger partial charge is 0.153 e. The third kappa shape index (κ3) is 2.63. The fraction of sp³-hybridized carbons (Fsp3) is 0.118. The Labute approximate surface area is 118 Å². The Morgan fingerprint density at radius 1 is 1.05 bits per heavy atom. The molecule has 100 valence electrons. The maximum absolute atomic E-state index is 5.91. The molecule has 0 aliphatic carbocycles. The zero-order valence-corrected chi connectivity index (χ0v) is 11.3. The maximum atomic E-state index is 5.91. The van der Waals surface area contributed by atoms with Crippen LogP contribution in [0.5, 0.6) is 11.5 Å². The molecule has 0 aliphatic rings. The summed E-state index contributed by atoms with van der Waals surface area (Å²) in [4.78, 5) is 4.53. The van der Waals surface area contributed by atoms with Crippen molar-refractivity contribution in [1.29, 1.82) is 0 Å². The molecule has 1 N–H and O–H groups in total. The van der Waals surface area contributed by atoms with E-state index in [0.29, 0.717) is 0 Å². The quantitative estimate of drug-likeness (QED) is 0.779. The van der Waals surface area contributed by atoms with Crippen LogP contribution < -0.4 is 10.1 Å². The lowest BCUT2D eigenvalue weighted by Gasteiger charge is -2.09. The van der Waals surface area contributed by atoms with Crippen molar-refractivity contribution >= 4 is 10.9 Å². The molecule has 3 aromatic rings. The Morgan fingerprint density at radius 2 is 1.90 bits per heavy atom. The summed E-state index contributed by atoms with van der Waals surface area (Å²) in [5.41, 5.74) is 2.05. The van der Waals surface area contributed by atoms with Crippen LogP contribution in [0.2, 0.25) is 0 Å². The van der Waals surface area contributed by atoms with Crippen LogP contribution in [0.3, 0.4) is 0 Å². The van der Waals surface area contributed by atoms with Gasteiger partial charge in [0, 0.05) is 18.1 Å². The maximum Gasteiger partial charge on any atom is 0.153 e. The van der Waals surface area contributed by atoms with E-state index in [0.717, 1.165) is 34.5 Å². The predicted octanol–water partition coefficient (Wildman–Crippen LogP) is 3.75. The Bertz CT molecular complexity index is 711. The molecule has 20 heavy (non-hydrogen) atoms. The average Bonchev–Trinajstić information content (AvgIpc) is 2.49. The molecule has 3 nitrogen and oxygen atoms in total. The van der Waals surface area contributed by atoms with E-state index in [2.05, 4.69) is 22.4 Å². The first-order valence-electron chi connectivity index (χ1n) is 6.62. The van der Waals surface area contributed by atoms with Crippen molar-refractivity contribution in [2.45, 2.75) is 6.54 Å². The van der Waals surface area contributed by atoms with E-state index < -0.39 is 0 Å². The number of ether oxygens (including phenoxy) is 1. The highest BCUT2D eigenvalue weighted by atomic mass is 16.5. The summed E-state index contributed by atoms with van der Waals surface area (Å²) in [5, 5.41) is 4.22. The van der Waals surface area contributed by atoms with Gasteiger partial charge >= 0.3 is 0 Å². The predicted molar refractivity (Wildman–Crippen MR) is 81.0 cm³/mol. The van der Waals surface area contributed by atoms with Gasteiger partial charge in [-0.15, -0.1) is 0 Å². The standard InChI is InChI=1S/C17H16N2O/c1-18-11-13-10-14-6-5-9-16(17(14)19-12-13)20-15-7-3-2-4-8-15/h2-10,12,18H,11H2,1H3. The highest BCUT2D eigenvalue weighted by Gasteiger charge is 2.05. The van der Waals surface area contributed by atoms with Gasteiger partial charge in [0.1, 0.15) is 11.3 Å². The van der Waals surface area contributed by atoms with Crippen molar-refractivity contribution in [1.82, 2.24) is 10.3 Å². The molecule has 0 radical (unpaired) electrons. The number of hydrogen-bond acceptors (Lipinski definition) is 3. The molecule has 0 unspecified atom stereocenters. The monoisotopic (exact) mass is 264 g/mol. The number of benzene rings is 2. The second kappa shape index (κ2) is 5.72. The van der Waals surface area contributed by atoms with Crippen molar-refractivity contribution in [3.8, 4) is 11.5 Å². The SMILES string of the molecule is CNCc1cnc2c(Oc3ccccc3)cccc2c1. The zero-order chi connectivity index (χ0) is 13.8. The molecule has 0 bridgehead atoms. The fourth-order valence-corrected chi connectivity index (χ4v) is 2.18. The Kier molecular flexibility index (Phi) is 3.61. The van der Waals surface area contributed by atoms with E-state index in [1.165, 1.54) is 0 Å². The van der Waals surface area contributed by atoms with E-state index in [9.17, 15) is 0 Å². The largest absolute Gasteiger partial charge is 0.455 e. The second-order valence-corrected chi connectivity index (χ2v) is 4.62. The first-order chi connectivity index (χ1) is 9.86. The van der Waals surface area contributed by atoms with Crippen LogP contribution in [0.25, 0.3) is 10.9 Å². The number of para-hydroxylation sites is 2. The topological polar surface area (TPSA) is 34.2 Å². The fourth-order valence-electron chi connectivity index (χ4n) is 2.18. The van der Waals surface area contributed by atoms with Crippen LogP contribution >= 0.6 is 0 Å². The zero-order valence-electron chi connectivity index (χ0n) is 11.3. The lowest BCUT2D eigenvalue weighted by Crippen LogP contribution is -2.05. The summed E-state index contributed by atoms with van der Waals surface area (Å²) in [6.07, 6.45) is 1.89. The van der Waals surface area contributed by atoms with E-state index in [4.69, 9.17) is 4.74 Å². The number of nitrogens with zero attached hydrogens (tertiary/aromatic N) is 1. The average molecular weight is 264 g/mol. The highest BCUT2D eigenvalue weighted by Crippen LogP contribution is 2.28. The Hall–Kier alpha value is -2.39. The van der Waals surface area contributed by atoms with Gasteiger partial charge in [0.2, 0.25) is 0 Å². The van der Waals surface area contributed by atoms with Gasteiger partial charge < -0.3 is 10.1 Å². The second-order valence-electron chi connectivity index (χ2n) is 4.62. The van der Waals surface area contributed by atoms with Crippen LogP contribution in [-0.2, 0) is 6.54 Å². The minimum absolute atomic E-state index is 0.782. The molecule has 0 amide bonds. The molecule has 0 fully saturated rings. The first-order valence-corrected chi connectivity index (χ1v) is 6.62. The molecule has 0 spiro atoms. The number of fused-ring (bicyclic) bond motifs is 1. The van der Waals surface area contributed by atoms with E-state index >= 15 is 0 Å². The lowest BCUT2D eigenvalue weighted by molar-refractivity contribution is 0.487. The molecule has 0 aliphatic heterocycles. The van der Waals surface area contributed by atoms with Crippen LogP contribution in [0, 0.1) is 0 Å². The lowest BCUT2D eigenvalue weighted by atomic mass is 10.1. The van der Waals surface area contributed by atoms with E-state index in [1.54, 1.807) is 0 Å². The van der Waals surface area contributed by atoms with Crippen LogP contribution in [-0.4, -0.2) is 12.0 Å². The number of hydrogen-bond donors (Lipinski definition) is 1. The minimum atomic E-state index is 0.782. The van der Waals surface area contributed by atoms with Crippen molar-refractivity contribution in [3.63, 3.8) is 0 Å².